The van der Waals surface area contributed by atoms with Crippen LogP contribution in [0, 0.1) is 17.3 Å². The Bertz CT molecular complexity index is 424. The molecule has 0 amide bonds. The van der Waals surface area contributed by atoms with E-state index in [0.29, 0.717) is 18.6 Å². The zero-order valence-corrected chi connectivity index (χ0v) is 17.6. The number of unbranched alkanes of at least 4 members (excludes halogenated alkanes) is 8. The van der Waals surface area contributed by atoms with E-state index in [-0.39, 0.29) is 29.4 Å². The molecule has 2 N–H and O–H groups in total. The van der Waals surface area contributed by atoms with E-state index in [9.17, 15) is 9.90 Å². The number of ketones is 1. The van der Waals surface area contributed by atoms with Crippen LogP contribution in [0.5, 0.6) is 0 Å². The zero-order chi connectivity index (χ0) is 19.0. The molecule has 0 aromatic heterocycles. The van der Waals surface area contributed by atoms with Crippen molar-refractivity contribution in [2.75, 3.05) is 6.54 Å². The van der Waals surface area contributed by atoms with E-state index in [1.54, 1.807) is 0 Å². The van der Waals surface area contributed by atoms with Gasteiger partial charge in [-0.05, 0) is 43.6 Å². The first-order valence-corrected chi connectivity index (χ1v) is 11.4. The van der Waals surface area contributed by atoms with Crippen molar-refractivity contribution in [2.45, 2.75) is 116 Å². The molecule has 1 heterocycles. The third kappa shape index (κ3) is 5.55. The Kier molecular flexibility index (Phi) is 9.09. The number of carbonyl (C=O) groups excluding carboxylic acids is 1. The molecule has 0 aromatic carbocycles. The maximum absolute atomic E-state index is 12.9. The fraction of sp³-hybridized carbons (Fsp3) is 0.957. The van der Waals surface area contributed by atoms with Crippen molar-refractivity contribution in [3.63, 3.8) is 0 Å². The van der Waals surface area contributed by atoms with Gasteiger partial charge in [-0.2, -0.15) is 0 Å². The molecule has 1 aliphatic carbocycles. The van der Waals surface area contributed by atoms with Gasteiger partial charge < -0.3 is 10.4 Å². The van der Waals surface area contributed by atoms with E-state index < -0.39 is 0 Å². The van der Waals surface area contributed by atoms with Crippen molar-refractivity contribution in [1.82, 2.24) is 5.32 Å². The van der Waals surface area contributed by atoms with E-state index in [1.807, 2.05) is 0 Å². The van der Waals surface area contributed by atoms with Crippen LogP contribution in [-0.4, -0.2) is 29.6 Å². The molecule has 0 bridgehead atoms. The summed E-state index contributed by atoms with van der Waals surface area (Å²) in [5.74, 6) is 0.683. The quantitative estimate of drug-likeness (QED) is 0.492. The summed E-state index contributed by atoms with van der Waals surface area (Å²) in [6.45, 7) is 7.74. The second-order valence-electron chi connectivity index (χ2n) is 9.28. The Morgan fingerprint density at radius 1 is 1.08 bits per heavy atom. The number of aliphatic hydroxyl groups is 1. The monoisotopic (exact) mass is 365 g/mol. The molecule has 0 aromatic rings. The molecular formula is C23H43NO2. The number of aliphatic hydroxyl groups excluding tert-OH is 1. The van der Waals surface area contributed by atoms with Gasteiger partial charge in [0.1, 0.15) is 5.78 Å². The van der Waals surface area contributed by atoms with Gasteiger partial charge in [-0.25, -0.2) is 0 Å². The maximum Gasteiger partial charge on any atom is 0.137 e. The van der Waals surface area contributed by atoms with Crippen LogP contribution in [0.3, 0.4) is 0 Å². The Balaban J connectivity index is 1.71. The van der Waals surface area contributed by atoms with Crippen LogP contribution in [-0.2, 0) is 4.79 Å². The lowest BCUT2D eigenvalue weighted by Crippen LogP contribution is -2.62. The summed E-state index contributed by atoms with van der Waals surface area (Å²) in [6, 6.07) is 0.265. The molecule has 0 spiro atoms. The van der Waals surface area contributed by atoms with Crippen LogP contribution in [0.15, 0.2) is 0 Å². The highest BCUT2D eigenvalue weighted by molar-refractivity contribution is 5.82. The number of carbonyl (C=O) groups is 1. The van der Waals surface area contributed by atoms with Gasteiger partial charge in [0.05, 0.1) is 6.10 Å². The number of hydrogen-bond donors (Lipinski definition) is 2. The van der Waals surface area contributed by atoms with E-state index in [2.05, 4.69) is 26.1 Å². The van der Waals surface area contributed by atoms with Crippen LogP contribution in [0.2, 0.25) is 0 Å². The van der Waals surface area contributed by atoms with Gasteiger partial charge >= 0.3 is 0 Å². The molecule has 1 saturated heterocycles. The van der Waals surface area contributed by atoms with E-state index in [1.165, 1.54) is 51.4 Å². The Hall–Kier alpha value is -0.410. The third-order valence-corrected chi connectivity index (χ3v) is 7.42. The molecule has 152 valence electrons. The predicted molar refractivity (Wildman–Crippen MR) is 109 cm³/mol. The minimum atomic E-state index is -0.326. The standard InChI is InChI=1S/C23H43NO2/c1-4-5-6-7-8-9-10-11-12-14-20(25)19-17-21(26)18(2)23(3)15-13-16-24-22(19)23/h18-19,21-22,24,26H,4-17H2,1-3H3/t18-,19-,21+,22?,23?/m1/s1. The number of piperidine rings is 1. The average Bonchev–Trinajstić information content (AvgIpc) is 2.63. The number of Topliss-reactive ketones (excluding diaryl/α,β-unsaturated/α-hetero) is 1. The molecule has 0 radical (unpaired) electrons. The van der Waals surface area contributed by atoms with Crippen LogP contribution in [0.25, 0.3) is 0 Å². The van der Waals surface area contributed by atoms with Crippen molar-refractivity contribution < 1.29 is 9.90 Å². The van der Waals surface area contributed by atoms with Crippen LogP contribution in [0.4, 0.5) is 0 Å². The Morgan fingerprint density at radius 3 is 2.35 bits per heavy atom. The first kappa shape index (κ1) is 21.9. The summed E-state index contributed by atoms with van der Waals surface area (Å²) in [5, 5.41) is 14.2. The Labute approximate surface area is 161 Å². The molecule has 3 heteroatoms. The molecular weight excluding hydrogens is 322 g/mol. The Morgan fingerprint density at radius 2 is 1.69 bits per heavy atom. The maximum atomic E-state index is 12.9. The fourth-order valence-electron chi connectivity index (χ4n) is 5.38. The van der Waals surface area contributed by atoms with Gasteiger partial charge in [0.25, 0.3) is 0 Å². The van der Waals surface area contributed by atoms with Gasteiger partial charge in [-0.1, -0.05) is 72.1 Å². The van der Waals surface area contributed by atoms with Crippen molar-refractivity contribution in [3.05, 3.63) is 0 Å². The topological polar surface area (TPSA) is 49.3 Å². The highest BCUT2D eigenvalue weighted by Gasteiger charge is 2.52. The van der Waals surface area contributed by atoms with Gasteiger partial charge in [0, 0.05) is 18.4 Å². The molecule has 2 rings (SSSR count). The molecule has 1 saturated carbocycles. The van der Waals surface area contributed by atoms with E-state index in [0.717, 1.165) is 25.8 Å². The van der Waals surface area contributed by atoms with E-state index >= 15 is 0 Å². The third-order valence-electron chi connectivity index (χ3n) is 7.42. The van der Waals surface area contributed by atoms with Gasteiger partial charge in [0.15, 0.2) is 0 Å². The fourth-order valence-corrected chi connectivity index (χ4v) is 5.38. The molecule has 1 aliphatic heterocycles. The zero-order valence-electron chi connectivity index (χ0n) is 17.6. The van der Waals surface area contributed by atoms with E-state index in [4.69, 9.17) is 0 Å². The van der Waals surface area contributed by atoms with Crippen molar-refractivity contribution in [2.24, 2.45) is 17.3 Å². The second kappa shape index (κ2) is 10.8. The van der Waals surface area contributed by atoms with Crippen LogP contribution < -0.4 is 5.32 Å². The summed E-state index contributed by atoms with van der Waals surface area (Å²) in [7, 11) is 0. The summed E-state index contributed by atoms with van der Waals surface area (Å²) >= 11 is 0. The van der Waals surface area contributed by atoms with Gasteiger partial charge in [-0.15, -0.1) is 0 Å². The lowest BCUT2D eigenvalue weighted by Gasteiger charge is -2.54. The first-order valence-electron chi connectivity index (χ1n) is 11.4. The lowest BCUT2D eigenvalue weighted by molar-refractivity contribution is -0.136. The summed E-state index contributed by atoms with van der Waals surface area (Å²) < 4.78 is 0. The smallest absolute Gasteiger partial charge is 0.137 e. The van der Waals surface area contributed by atoms with Crippen LogP contribution in [0.1, 0.15) is 104 Å². The molecule has 2 unspecified atom stereocenters. The molecule has 3 nitrogen and oxygen atoms in total. The van der Waals surface area contributed by atoms with Crippen LogP contribution >= 0.6 is 0 Å². The normalized spacial score (nSPS) is 34.5. The highest BCUT2D eigenvalue weighted by Crippen LogP contribution is 2.48. The largest absolute Gasteiger partial charge is 0.393 e. The minimum Gasteiger partial charge on any atom is -0.393 e. The average molecular weight is 366 g/mol. The van der Waals surface area contributed by atoms with Gasteiger partial charge in [0.2, 0.25) is 0 Å². The van der Waals surface area contributed by atoms with Crippen molar-refractivity contribution in [3.8, 4) is 0 Å². The minimum absolute atomic E-state index is 0.0144. The number of nitrogens with one attached hydrogen (secondary N) is 1. The molecule has 2 fully saturated rings. The first-order chi connectivity index (χ1) is 12.5. The SMILES string of the molecule is CCCCCCCCCCCC(=O)[C@H]1C[C@H](O)[C@@H](C)C2(C)CCCNC12. The van der Waals surface area contributed by atoms with Crippen molar-refractivity contribution >= 4 is 5.78 Å². The summed E-state index contributed by atoms with van der Waals surface area (Å²) in [6.07, 6.45) is 14.9. The number of hydrogen-bond acceptors (Lipinski definition) is 3. The highest BCUT2D eigenvalue weighted by atomic mass is 16.3. The molecule has 26 heavy (non-hydrogen) atoms. The molecule has 2 aliphatic rings. The summed E-state index contributed by atoms with van der Waals surface area (Å²) in [4.78, 5) is 12.9. The number of fused-ring (bicyclic) bond motifs is 1. The number of rotatable bonds is 11. The predicted octanol–water partition coefficient (Wildman–Crippen LogP) is 5.25. The van der Waals surface area contributed by atoms with Crippen molar-refractivity contribution in [1.29, 1.82) is 0 Å². The summed E-state index contributed by atoms with van der Waals surface area (Å²) in [5.41, 5.74) is 0.0642. The van der Waals surface area contributed by atoms with Gasteiger partial charge in [-0.3, -0.25) is 4.79 Å². The lowest BCUT2D eigenvalue weighted by atomic mass is 9.56. The second-order valence-corrected chi connectivity index (χ2v) is 9.28. The molecule has 5 atom stereocenters.